The number of esters is 1. The van der Waals surface area contributed by atoms with Crippen LogP contribution in [0.4, 0.5) is 11.4 Å². The maximum Gasteiger partial charge on any atom is 0.340 e. The Morgan fingerprint density at radius 2 is 2.04 bits per heavy atom. The number of hydrogen-bond acceptors (Lipinski definition) is 4. The number of benzene rings is 2. The second-order valence-electron chi connectivity index (χ2n) is 6.39. The zero-order valence-corrected chi connectivity index (χ0v) is 17.5. The summed E-state index contributed by atoms with van der Waals surface area (Å²) in [4.78, 5) is 38.2. The van der Waals surface area contributed by atoms with Gasteiger partial charge < -0.3 is 15.0 Å². The van der Waals surface area contributed by atoms with E-state index < -0.39 is 18.5 Å². The van der Waals surface area contributed by atoms with E-state index in [4.69, 9.17) is 16.3 Å². The molecule has 1 saturated heterocycles. The highest BCUT2D eigenvalue weighted by Crippen LogP contribution is 2.29. The summed E-state index contributed by atoms with van der Waals surface area (Å²) in [6.07, 6.45) is 1.14. The maximum absolute atomic E-state index is 12.5. The molecule has 1 heterocycles. The van der Waals surface area contributed by atoms with Gasteiger partial charge in [-0.2, -0.15) is 0 Å². The maximum atomic E-state index is 12.5. The van der Waals surface area contributed by atoms with Crippen LogP contribution in [0.25, 0.3) is 0 Å². The lowest BCUT2D eigenvalue weighted by atomic mass is 10.1. The number of aryl methyl sites for hydroxylation is 1. The summed E-state index contributed by atoms with van der Waals surface area (Å²) >= 11 is 9.40. The molecule has 1 aliphatic rings. The first-order chi connectivity index (χ1) is 13.3. The van der Waals surface area contributed by atoms with Crippen LogP contribution in [0.3, 0.4) is 0 Å². The Kier molecular flexibility index (Phi) is 6.36. The first-order valence-corrected chi connectivity index (χ1v) is 9.85. The number of hydrogen-bond donors (Lipinski definition) is 1. The van der Waals surface area contributed by atoms with Crippen LogP contribution in [-0.2, 0) is 14.3 Å². The molecule has 0 aromatic heterocycles. The minimum absolute atomic E-state index is 0.0697. The van der Waals surface area contributed by atoms with Crippen LogP contribution in [-0.4, -0.2) is 30.9 Å². The third kappa shape index (κ3) is 4.72. The van der Waals surface area contributed by atoms with Gasteiger partial charge in [-0.1, -0.05) is 27.5 Å². The summed E-state index contributed by atoms with van der Waals surface area (Å²) in [6.45, 7) is 1.94. The zero-order chi connectivity index (χ0) is 20.3. The van der Waals surface area contributed by atoms with Gasteiger partial charge in [0.25, 0.3) is 5.91 Å². The third-order valence-corrected chi connectivity index (χ3v) is 5.07. The Bertz CT molecular complexity index is 948. The Balaban J connectivity index is 1.68. The number of nitrogens with zero attached hydrogens (tertiary/aromatic N) is 1. The molecule has 28 heavy (non-hydrogen) atoms. The summed E-state index contributed by atoms with van der Waals surface area (Å²) < 4.78 is 6.06. The zero-order valence-electron chi connectivity index (χ0n) is 15.1. The van der Waals surface area contributed by atoms with Gasteiger partial charge in [0.05, 0.1) is 11.3 Å². The average Bonchev–Trinajstić information content (AvgIpc) is 3.08. The predicted molar refractivity (Wildman–Crippen MR) is 111 cm³/mol. The molecule has 1 fully saturated rings. The van der Waals surface area contributed by atoms with Crippen molar-refractivity contribution in [2.24, 2.45) is 0 Å². The van der Waals surface area contributed by atoms with Crippen molar-refractivity contribution >= 4 is 56.7 Å². The van der Waals surface area contributed by atoms with E-state index in [1.807, 2.05) is 19.1 Å². The fraction of sp³-hybridized carbons (Fsp3) is 0.250. The van der Waals surface area contributed by atoms with E-state index in [0.717, 1.165) is 16.5 Å². The Hall–Kier alpha value is -2.38. The molecule has 0 atom stereocenters. The number of ether oxygens (including phenoxy) is 1. The highest BCUT2D eigenvalue weighted by atomic mass is 79.9. The molecule has 1 N–H and O–H groups in total. The number of amides is 2. The van der Waals surface area contributed by atoms with Crippen molar-refractivity contribution in [2.45, 2.75) is 19.8 Å². The van der Waals surface area contributed by atoms with E-state index >= 15 is 0 Å². The van der Waals surface area contributed by atoms with Crippen LogP contribution in [0, 0.1) is 6.92 Å². The molecule has 6 nitrogen and oxygen atoms in total. The number of carbonyl (C=O) groups is 3. The van der Waals surface area contributed by atoms with E-state index in [2.05, 4.69) is 21.2 Å². The van der Waals surface area contributed by atoms with Crippen molar-refractivity contribution in [3.05, 3.63) is 57.0 Å². The van der Waals surface area contributed by atoms with Gasteiger partial charge >= 0.3 is 5.97 Å². The van der Waals surface area contributed by atoms with Crippen LogP contribution in [0.15, 0.2) is 40.9 Å². The molecular formula is C20H18BrClN2O4. The average molecular weight is 466 g/mol. The molecule has 0 bridgehead atoms. The van der Waals surface area contributed by atoms with Crippen LogP contribution >= 0.6 is 27.5 Å². The molecule has 0 aliphatic carbocycles. The number of rotatable bonds is 5. The van der Waals surface area contributed by atoms with Gasteiger partial charge in [0.2, 0.25) is 5.91 Å². The van der Waals surface area contributed by atoms with Crippen molar-refractivity contribution in [1.82, 2.24) is 0 Å². The number of anilines is 2. The molecule has 2 aromatic carbocycles. The first-order valence-electron chi connectivity index (χ1n) is 8.68. The van der Waals surface area contributed by atoms with Crippen LogP contribution in [0.1, 0.15) is 28.8 Å². The van der Waals surface area contributed by atoms with Crippen molar-refractivity contribution in [1.29, 1.82) is 0 Å². The van der Waals surface area contributed by atoms with Gasteiger partial charge in [0.1, 0.15) is 0 Å². The lowest BCUT2D eigenvalue weighted by Crippen LogP contribution is -2.27. The molecule has 1 aliphatic heterocycles. The monoisotopic (exact) mass is 464 g/mol. The summed E-state index contributed by atoms with van der Waals surface area (Å²) in [5, 5.41) is 3.12. The van der Waals surface area contributed by atoms with Crippen LogP contribution in [0.2, 0.25) is 5.02 Å². The summed E-state index contributed by atoms with van der Waals surface area (Å²) in [5.74, 6) is -1.21. The van der Waals surface area contributed by atoms with E-state index in [9.17, 15) is 14.4 Å². The minimum Gasteiger partial charge on any atom is -0.452 e. The molecule has 0 unspecified atom stereocenters. The van der Waals surface area contributed by atoms with E-state index in [-0.39, 0.29) is 11.5 Å². The fourth-order valence-corrected chi connectivity index (χ4v) is 3.61. The largest absolute Gasteiger partial charge is 0.452 e. The van der Waals surface area contributed by atoms with Crippen molar-refractivity contribution in [3.63, 3.8) is 0 Å². The molecule has 0 saturated carbocycles. The van der Waals surface area contributed by atoms with Gasteiger partial charge in [-0.05, 0) is 55.3 Å². The minimum atomic E-state index is -0.686. The molecule has 0 radical (unpaired) electrons. The van der Waals surface area contributed by atoms with Gasteiger partial charge in [-0.3, -0.25) is 9.59 Å². The van der Waals surface area contributed by atoms with Gasteiger partial charge in [-0.15, -0.1) is 0 Å². The molecule has 8 heteroatoms. The lowest BCUT2D eigenvalue weighted by molar-refractivity contribution is -0.119. The smallest absolute Gasteiger partial charge is 0.340 e. The normalized spacial score (nSPS) is 13.5. The quantitative estimate of drug-likeness (QED) is 0.667. The second-order valence-corrected chi connectivity index (χ2v) is 7.75. The van der Waals surface area contributed by atoms with Crippen LogP contribution in [0.5, 0.6) is 0 Å². The topological polar surface area (TPSA) is 75.7 Å². The Morgan fingerprint density at radius 1 is 1.25 bits per heavy atom. The molecule has 2 aromatic rings. The number of nitrogens with one attached hydrogen (secondary N) is 1. The van der Waals surface area contributed by atoms with E-state index in [0.29, 0.717) is 29.4 Å². The highest BCUT2D eigenvalue weighted by Gasteiger charge is 2.27. The fourth-order valence-electron chi connectivity index (χ4n) is 2.97. The van der Waals surface area contributed by atoms with Gasteiger partial charge in [0.15, 0.2) is 6.61 Å². The number of halogens is 2. The molecule has 3 rings (SSSR count). The summed E-state index contributed by atoms with van der Waals surface area (Å²) in [7, 11) is 0. The van der Waals surface area contributed by atoms with Gasteiger partial charge in [0, 0.05) is 28.1 Å². The van der Waals surface area contributed by atoms with E-state index in [1.165, 1.54) is 11.0 Å². The first kappa shape index (κ1) is 20.4. The standard InChI is InChI=1S/C20H18BrClN2O4/c1-12-9-13(21)4-7-16(12)23-18(25)11-28-20(27)15-6-5-14(22)10-17(15)24-8-2-3-19(24)26/h4-7,9-10H,2-3,8,11H2,1H3,(H,23,25). The lowest BCUT2D eigenvalue weighted by Gasteiger charge is -2.19. The SMILES string of the molecule is Cc1cc(Br)ccc1NC(=O)COC(=O)c1ccc(Cl)cc1N1CCCC1=O. The second kappa shape index (κ2) is 8.75. The van der Waals surface area contributed by atoms with Crippen molar-refractivity contribution in [2.75, 3.05) is 23.4 Å². The van der Waals surface area contributed by atoms with Gasteiger partial charge in [-0.25, -0.2) is 4.79 Å². The summed E-state index contributed by atoms with van der Waals surface area (Å²) in [6, 6.07) is 10.0. The predicted octanol–water partition coefficient (Wildman–Crippen LogP) is 4.33. The highest BCUT2D eigenvalue weighted by molar-refractivity contribution is 9.10. The van der Waals surface area contributed by atoms with Crippen LogP contribution < -0.4 is 10.2 Å². The Labute approximate surface area is 175 Å². The Morgan fingerprint density at radius 3 is 2.71 bits per heavy atom. The summed E-state index contributed by atoms with van der Waals surface area (Å²) in [5.41, 5.74) is 2.12. The third-order valence-electron chi connectivity index (χ3n) is 4.34. The van der Waals surface area contributed by atoms with Crippen molar-refractivity contribution in [3.8, 4) is 0 Å². The number of carbonyl (C=O) groups excluding carboxylic acids is 3. The molecular weight excluding hydrogens is 448 g/mol. The van der Waals surface area contributed by atoms with E-state index in [1.54, 1.807) is 18.2 Å². The molecule has 0 spiro atoms. The van der Waals surface area contributed by atoms with Crippen molar-refractivity contribution < 1.29 is 19.1 Å². The molecule has 146 valence electrons. The molecule has 2 amide bonds.